The third-order valence-corrected chi connectivity index (χ3v) is 6.76. The summed E-state index contributed by atoms with van der Waals surface area (Å²) in [5.74, 6) is -0.738. The van der Waals surface area contributed by atoms with Crippen molar-refractivity contribution in [1.29, 1.82) is 0 Å². The molecule has 1 aliphatic heterocycles. The molecule has 4 rings (SSSR count). The Morgan fingerprint density at radius 3 is 2.29 bits per heavy atom. The zero-order chi connectivity index (χ0) is 28.1. The summed E-state index contributed by atoms with van der Waals surface area (Å²) in [4.78, 5) is 40.1. The van der Waals surface area contributed by atoms with Crippen LogP contribution in [0, 0.1) is 6.92 Å². The molecule has 0 bridgehead atoms. The van der Waals surface area contributed by atoms with E-state index in [0.717, 1.165) is 10.2 Å². The minimum absolute atomic E-state index is 0. The average Bonchev–Trinajstić information content (AvgIpc) is 3.48. The third-order valence-electron chi connectivity index (χ3n) is 6.76. The largest absolute Gasteiger partial charge is 0.437 e. The monoisotopic (exact) mass is 607 g/mol. The van der Waals surface area contributed by atoms with Crippen LogP contribution in [0.15, 0.2) is 51.7 Å². The number of likely N-dealkylation sites (N-methyl/N-ethyl adjacent to an activating group) is 1. The number of halogens is 2. The molecule has 0 aliphatic carbocycles. The van der Waals surface area contributed by atoms with Gasteiger partial charge < -0.3 is 20.0 Å². The maximum absolute atomic E-state index is 13.5. The van der Waals surface area contributed by atoms with E-state index < -0.39 is 5.76 Å². The van der Waals surface area contributed by atoms with Crippen LogP contribution in [0.5, 0.6) is 0 Å². The van der Waals surface area contributed by atoms with Crippen LogP contribution >= 0.6 is 24.8 Å². The van der Waals surface area contributed by atoms with Crippen LogP contribution in [0.1, 0.15) is 30.5 Å². The van der Waals surface area contributed by atoms with Gasteiger partial charge in [0.25, 0.3) is 5.91 Å². The van der Waals surface area contributed by atoms with Crippen molar-refractivity contribution in [3.8, 4) is 11.5 Å². The number of amides is 2. The van der Waals surface area contributed by atoms with Gasteiger partial charge in [-0.1, -0.05) is 44.2 Å². The summed E-state index contributed by atoms with van der Waals surface area (Å²) in [6, 6.07) is 13.9. The van der Waals surface area contributed by atoms with E-state index in [1.807, 2.05) is 44.0 Å². The summed E-state index contributed by atoms with van der Waals surface area (Å²) in [6.45, 7) is 8.39. The Hall–Kier alpha value is -3.38. The second-order valence-corrected chi connectivity index (χ2v) is 10.1. The van der Waals surface area contributed by atoms with Crippen LogP contribution in [0.2, 0.25) is 0 Å². The Morgan fingerprint density at radius 2 is 1.71 bits per heavy atom. The number of fused-ring (bicyclic) bond motifs is 1. The fourth-order valence-corrected chi connectivity index (χ4v) is 4.51. The number of nitrogens with zero attached hydrogens (tertiary/aromatic N) is 5. The van der Waals surface area contributed by atoms with Gasteiger partial charge in [0, 0.05) is 57.6 Å². The molecule has 1 aliphatic rings. The molecular formula is C28H39Cl2N7O4. The lowest BCUT2D eigenvalue weighted by Gasteiger charge is -2.32. The second kappa shape index (κ2) is 15.0. The lowest BCUT2D eigenvalue weighted by atomic mass is 10.1. The molecule has 41 heavy (non-hydrogen) atoms. The molecule has 224 valence electrons. The van der Waals surface area contributed by atoms with Crippen molar-refractivity contribution < 1.29 is 14.0 Å². The Morgan fingerprint density at radius 1 is 1.05 bits per heavy atom. The molecule has 2 amide bonds. The van der Waals surface area contributed by atoms with E-state index in [0.29, 0.717) is 43.5 Å². The Kier molecular flexibility index (Phi) is 12.4. The Balaban J connectivity index is 0.00000294. The fourth-order valence-electron chi connectivity index (χ4n) is 4.51. The molecule has 0 radical (unpaired) electrons. The molecule has 2 N–H and O–H groups in total. The van der Waals surface area contributed by atoms with Gasteiger partial charge in [0.15, 0.2) is 0 Å². The quantitative estimate of drug-likeness (QED) is 0.319. The van der Waals surface area contributed by atoms with Crippen LogP contribution in [0.4, 0.5) is 5.69 Å². The van der Waals surface area contributed by atoms with Crippen molar-refractivity contribution in [2.75, 3.05) is 38.1 Å². The van der Waals surface area contributed by atoms with E-state index >= 15 is 0 Å². The first-order valence-corrected chi connectivity index (χ1v) is 13.1. The molecule has 1 aromatic heterocycles. The first-order chi connectivity index (χ1) is 18.6. The standard InChI is InChI=1S/C28H37N7O4.2ClH/c1-19(2)29-12-13-30-25(36)17-34(18-26(37)33(5)35-15-22-8-6-7-9-23(22)16-35)24-14-21(11-10-20(24)3)27-31-32(4)28(38)39-27;;/h6-11,14,19,29H,12-13,15-18H2,1-5H3,(H,30,36);2*1H. The molecule has 0 fully saturated rings. The predicted octanol–water partition coefficient (Wildman–Crippen LogP) is 2.50. The first kappa shape index (κ1) is 33.8. The van der Waals surface area contributed by atoms with Crippen molar-refractivity contribution in [2.45, 2.75) is 39.9 Å². The second-order valence-electron chi connectivity index (χ2n) is 10.1. The van der Waals surface area contributed by atoms with Gasteiger partial charge in [0.2, 0.25) is 11.8 Å². The van der Waals surface area contributed by atoms with Gasteiger partial charge in [-0.15, -0.1) is 29.9 Å². The predicted molar refractivity (Wildman–Crippen MR) is 163 cm³/mol. The van der Waals surface area contributed by atoms with Crippen molar-refractivity contribution in [3.05, 3.63) is 69.7 Å². The minimum Gasteiger partial charge on any atom is -0.388 e. The number of nitrogens with one attached hydrogen (secondary N) is 2. The zero-order valence-electron chi connectivity index (χ0n) is 24.0. The van der Waals surface area contributed by atoms with Gasteiger partial charge in [0.05, 0.1) is 13.1 Å². The highest BCUT2D eigenvalue weighted by molar-refractivity contribution is 5.87. The summed E-state index contributed by atoms with van der Waals surface area (Å²) in [6.07, 6.45) is 0. The third kappa shape index (κ3) is 8.56. The highest BCUT2D eigenvalue weighted by Crippen LogP contribution is 2.28. The molecule has 2 heterocycles. The van der Waals surface area contributed by atoms with Crippen LogP contribution in [0.25, 0.3) is 11.5 Å². The zero-order valence-corrected chi connectivity index (χ0v) is 25.7. The van der Waals surface area contributed by atoms with E-state index in [4.69, 9.17) is 4.42 Å². The van der Waals surface area contributed by atoms with Crippen molar-refractivity contribution in [2.24, 2.45) is 7.05 Å². The summed E-state index contributed by atoms with van der Waals surface area (Å²) >= 11 is 0. The van der Waals surface area contributed by atoms with E-state index in [1.54, 1.807) is 29.1 Å². The van der Waals surface area contributed by atoms with Crippen LogP contribution in [-0.2, 0) is 29.7 Å². The molecule has 13 heteroatoms. The van der Waals surface area contributed by atoms with Crippen LogP contribution < -0.4 is 21.3 Å². The maximum atomic E-state index is 13.5. The lowest BCUT2D eigenvalue weighted by Crippen LogP contribution is -2.48. The van der Waals surface area contributed by atoms with Gasteiger partial charge >= 0.3 is 5.76 Å². The van der Waals surface area contributed by atoms with Gasteiger partial charge in [-0.2, -0.15) is 4.68 Å². The maximum Gasteiger partial charge on any atom is 0.437 e. The van der Waals surface area contributed by atoms with Gasteiger partial charge in [-0.25, -0.2) is 9.80 Å². The number of anilines is 1. The summed E-state index contributed by atoms with van der Waals surface area (Å²) in [5, 5.41) is 14.0. The topological polar surface area (TPSA) is 116 Å². The minimum atomic E-state index is -0.568. The summed E-state index contributed by atoms with van der Waals surface area (Å²) in [5.41, 5.74) is 4.53. The van der Waals surface area contributed by atoms with Crippen molar-refractivity contribution in [1.82, 2.24) is 30.4 Å². The Labute approximate surface area is 252 Å². The number of benzene rings is 2. The fraction of sp³-hybridized carbons (Fsp3) is 0.429. The van der Waals surface area contributed by atoms with Crippen LogP contribution in [-0.4, -0.2) is 70.9 Å². The summed E-state index contributed by atoms with van der Waals surface area (Å²) < 4.78 is 6.39. The molecule has 2 aromatic carbocycles. The normalized spacial score (nSPS) is 12.3. The number of aryl methyl sites for hydroxylation is 2. The highest BCUT2D eigenvalue weighted by Gasteiger charge is 2.27. The van der Waals surface area contributed by atoms with E-state index in [9.17, 15) is 14.4 Å². The molecule has 0 saturated heterocycles. The molecule has 11 nitrogen and oxygen atoms in total. The van der Waals surface area contributed by atoms with Gasteiger partial charge in [-0.3, -0.25) is 14.6 Å². The molecule has 3 aromatic rings. The average molecular weight is 609 g/mol. The number of carbonyl (C=O) groups is 2. The van der Waals surface area contributed by atoms with E-state index in [-0.39, 0.29) is 55.6 Å². The molecule has 0 saturated carbocycles. The van der Waals surface area contributed by atoms with E-state index in [1.165, 1.54) is 18.2 Å². The first-order valence-electron chi connectivity index (χ1n) is 13.1. The number of rotatable bonds is 11. The number of hydrogen-bond acceptors (Lipinski definition) is 8. The SMILES string of the molecule is Cc1ccc(-c2nn(C)c(=O)o2)cc1N(CC(=O)NCCNC(C)C)CC(=O)N(C)N1Cc2ccccc2C1.Cl.Cl. The number of hydrogen-bond donors (Lipinski definition) is 2. The highest BCUT2D eigenvalue weighted by atomic mass is 35.5. The van der Waals surface area contributed by atoms with Gasteiger partial charge in [0.1, 0.15) is 0 Å². The van der Waals surface area contributed by atoms with Crippen molar-refractivity contribution >= 4 is 42.3 Å². The molecule has 0 spiro atoms. The number of hydrazine groups is 1. The molecule has 0 atom stereocenters. The number of carbonyl (C=O) groups excluding carboxylic acids is 2. The number of aromatic nitrogens is 2. The lowest BCUT2D eigenvalue weighted by molar-refractivity contribution is -0.145. The van der Waals surface area contributed by atoms with Gasteiger partial charge in [-0.05, 0) is 35.7 Å². The molecule has 0 unspecified atom stereocenters. The van der Waals surface area contributed by atoms with Crippen LogP contribution in [0.3, 0.4) is 0 Å². The molecular weight excluding hydrogens is 569 g/mol. The summed E-state index contributed by atoms with van der Waals surface area (Å²) in [7, 11) is 3.27. The van der Waals surface area contributed by atoms with Crippen molar-refractivity contribution in [3.63, 3.8) is 0 Å². The van der Waals surface area contributed by atoms with E-state index in [2.05, 4.69) is 27.9 Å². The Bertz CT molecular complexity index is 1370. The smallest absolute Gasteiger partial charge is 0.388 e.